The molecule has 0 N–H and O–H groups in total. The molecule has 0 bridgehead atoms. The van der Waals surface area contributed by atoms with Gasteiger partial charge in [-0.3, -0.25) is 4.79 Å². The van der Waals surface area contributed by atoms with E-state index in [1.807, 2.05) is 0 Å². The van der Waals surface area contributed by atoms with Crippen LogP contribution in [-0.2, 0) is 9.53 Å². The van der Waals surface area contributed by atoms with E-state index in [4.69, 9.17) is 4.74 Å². The van der Waals surface area contributed by atoms with E-state index in [1.165, 1.54) is 30.3 Å². The van der Waals surface area contributed by atoms with E-state index in [2.05, 4.69) is 6.58 Å². The number of carbonyl (C=O) groups excluding carboxylic acids is 1. The maximum Gasteiger partial charge on any atom is 0.409 e. The van der Waals surface area contributed by atoms with Gasteiger partial charge in [-0.15, -0.1) is 6.58 Å². The first-order valence-electron chi connectivity index (χ1n) is 7.75. The number of cyclic esters (lactones) is 1. The smallest absolute Gasteiger partial charge is 0.409 e. The van der Waals surface area contributed by atoms with E-state index in [1.54, 1.807) is 18.2 Å². The van der Waals surface area contributed by atoms with Crippen molar-refractivity contribution in [3.05, 3.63) is 90.3 Å². The van der Waals surface area contributed by atoms with Crippen LogP contribution in [0.15, 0.2) is 73.3 Å². The fourth-order valence-corrected chi connectivity index (χ4v) is 3.11. The highest BCUT2D eigenvalue weighted by Gasteiger charge is 2.67. The summed E-state index contributed by atoms with van der Waals surface area (Å²) in [6.07, 6.45) is -3.25. The summed E-state index contributed by atoms with van der Waals surface area (Å²) in [5.74, 6) is -4.15. The van der Waals surface area contributed by atoms with Gasteiger partial charge in [-0.25, -0.2) is 4.39 Å². The summed E-state index contributed by atoms with van der Waals surface area (Å²) in [6, 6.07) is 12.9. The molecule has 1 heterocycles. The number of carbonyl (C=O) groups is 1. The van der Waals surface area contributed by atoms with Crippen LogP contribution in [0.4, 0.5) is 17.6 Å². The molecule has 1 aliphatic rings. The molecule has 1 aliphatic heterocycles. The Bertz CT molecular complexity index is 871. The average molecular weight is 362 g/mol. The van der Waals surface area contributed by atoms with Crippen LogP contribution in [0, 0.1) is 11.2 Å². The van der Waals surface area contributed by atoms with Crippen LogP contribution in [0.2, 0.25) is 0 Å². The van der Waals surface area contributed by atoms with Gasteiger partial charge in [-0.05, 0) is 23.8 Å². The molecular weight excluding hydrogens is 348 g/mol. The van der Waals surface area contributed by atoms with Crippen LogP contribution in [-0.4, -0.2) is 12.1 Å². The van der Waals surface area contributed by atoms with E-state index in [0.717, 1.165) is 12.1 Å². The Labute approximate surface area is 147 Å². The Balaban J connectivity index is 2.22. The lowest BCUT2D eigenvalue weighted by Gasteiger charge is -2.32. The third-order valence-electron chi connectivity index (χ3n) is 4.39. The predicted octanol–water partition coefficient (Wildman–Crippen LogP) is 5.24. The lowest BCUT2D eigenvalue weighted by atomic mass is 9.71. The fourth-order valence-electron chi connectivity index (χ4n) is 3.11. The minimum Gasteiger partial charge on any atom is -0.425 e. The van der Waals surface area contributed by atoms with Crippen molar-refractivity contribution < 1.29 is 27.1 Å². The van der Waals surface area contributed by atoms with E-state index in [0.29, 0.717) is 6.08 Å². The van der Waals surface area contributed by atoms with Gasteiger partial charge >= 0.3 is 12.1 Å². The number of alkyl halides is 3. The van der Waals surface area contributed by atoms with Crippen molar-refractivity contribution in [2.75, 3.05) is 0 Å². The highest BCUT2D eigenvalue weighted by atomic mass is 19.4. The van der Waals surface area contributed by atoms with Crippen molar-refractivity contribution in [3.63, 3.8) is 0 Å². The zero-order valence-electron chi connectivity index (χ0n) is 13.5. The van der Waals surface area contributed by atoms with Gasteiger partial charge in [0.05, 0.1) is 5.56 Å². The summed E-state index contributed by atoms with van der Waals surface area (Å²) in [5.41, 5.74) is -2.93. The number of ether oxygens (including phenoxy) is 1. The summed E-state index contributed by atoms with van der Waals surface area (Å²) in [7, 11) is 0. The van der Waals surface area contributed by atoms with Crippen molar-refractivity contribution in [2.45, 2.75) is 12.1 Å². The molecule has 0 saturated carbocycles. The zero-order valence-corrected chi connectivity index (χ0v) is 13.5. The van der Waals surface area contributed by atoms with Gasteiger partial charge in [-0.2, -0.15) is 13.2 Å². The molecule has 2 nitrogen and oxygen atoms in total. The van der Waals surface area contributed by atoms with Crippen molar-refractivity contribution in [1.29, 1.82) is 0 Å². The maximum absolute atomic E-state index is 14.1. The normalized spacial score (nSPS) is 21.1. The summed E-state index contributed by atoms with van der Waals surface area (Å²) in [4.78, 5) is 12.4. The second kappa shape index (κ2) is 6.44. The fraction of sp³-hybridized carbons (Fsp3) is 0.150. The minimum atomic E-state index is -4.97. The van der Waals surface area contributed by atoms with Crippen LogP contribution >= 0.6 is 0 Å². The zero-order chi connectivity index (χ0) is 18.9. The number of hydrogen-bond acceptors (Lipinski definition) is 2. The Morgan fingerprint density at radius 1 is 1.04 bits per heavy atom. The van der Waals surface area contributed by atoms with Crippen LogP contribution in [0.5, 0.6) is 0 Å². The molecule has 2 aromatic carbocycles. The molecule has 2 unspecified atom stereocenters. The van der Waals surface area contributed by atoms with Crippen LogP contribution in [0.25, 0.3) is 5.76 Å². The average Bonchev–Trinajstić information content (AvgIpc) is 2.95. The van der Waals surface area contributed by atoms with Gasteiger partial charge in [0.2, 0.25) is 0 Å². The molecule has 0 saturated heterocycles. The van der Waals surface area contributed by atoms with Crippen molar-refractivity contribution in [1.82, 2.24) is 0 Å². The third kappa shape index (κ3) is 2.71. The van der Waals surface area contributed by atoms with Gasteiger partial charge in [0, 0.05) is 5.92 Å². The van der Waals surface area contributed by atoms with E-state index in [9.17, 15) is 22.4 Å². The first-order chi connectivity index (χ1) is 12.3. The largest absolute Gasteiger partial charge is 0.425 e. The Kier molecular flexibility index (Phi) is 4.44. The van der Waals surface area contributed by atoms with Gasteiger partial charge in [0.25, 0.3) is 0 Å². The quantitative estimate of drug-likeness (QED) is 0.422. The van der Waals surface area contributed by atoms with Crippen molar-refractivity contribution in [2.24, 2.45) is 5.41 Å². The summed E-state index contributed by atoms with van der Waals surface area (Å²) >= 11 is 0. The van der Waals surface area contributed by atoms with E-state index < -0.39 is 35.1 Å². The van der Waals surface area contributed by atoms with Gasteiger partial charge in [0.1, 0.15) is 11.6 Å². The topological polar surface area (TPSA) is 26.3 Å². The van der Waals surface area contributed by atoms with Gasteiger partial charge < -0.3 is 4.74 Å². The Hall–Kier alpha value is -2.89. The predicted molar refractivity (Wildman–Crippen MR) is 88.3 cm³/mol. The molecule has 0 aromatic heterocycles. The summed E-state index contributed by atoms with van der Waals surface area (Å²) in [5, 5.41) is 0. The molecule has 0 radical (unpaired) electrons. The van der Waals surface area contributed by atoms with Gasteiger partial charge in [0.15, 0.2) is 5.41 Å². The number of hydrogen-bond donors (Lipinski definition) is 0. The number of esters is 1. The van der Waals surface area contributed by atoms with Crippen LogP contribution in [0.3, 0.4) is 0 Å². The van der Waals surface area contributed by atoms with Crippen molar-refractivity contribution >= 4 is 11.7 Å². The van der Waals surface area contributed by atoms with E-state index in [-0.39, 0.29) is 11.1 Å². The molecule has 0 fully saturated rings. The molecule has 26 heavy (non-hydrogen) atoms. The van der Waals surface area contributed by atoms with Gasteiger partial charge in [-0.1, -0.05) is 48.5 Å². The Morgan fingerprint density at radius 2 is 1.65 bits per heavy atom. The highest BCUT2D eigenvalue weighted by Crippen LogP contribution is 2.55. The summed E-state index contributed by atoms with van der Waals surface area (Å²) < 4.78 is 61.2. The number of rotatable bonds is 4. The molecule has 0 aliphatic carbocycles. The SMILES string of the molecule is C=CC(c1ccccc1)C1(C(F)(F)F)C=C(c2ccccc2F)OC1=O. The second-order valence-electron chi connectivity index (χ2n) is 5.87. The molecule has 0 amide bonds. The van der Waals surface area contributed by atoms with Crippen LogP contribution < -0.4 is 0 Å². The van der Waals surface area contributed by atoms with E-state index >= 15 is 0 Å². The first-order valence-corrected chi connectivity index (χ1v) is 7.75. The molecule has 2 atom stereocenters. The number of benzene rings is 2. The second-order valence-corrected chi connectivity index (χ2v) is 5.87. The first kappa shape index (κ1) is 17.9. The molecule has 3 rings (SSSR count). The molecule has 2 aromatic rings. The molecule has 6 heteroatoms. The summed E-state index contributed by atoms with van der Waals surface area (Å²) in [6.45, 7) is 3.48. The minimum absolute atomic E-state index is 0.206. The van der Waals surface area contributed by atoms with Crippen molar-refractivity contribution in [3.8, 4) is 0 Å². The standard InChI is InChI=1S/C20H14F4O2/c1-2-15(13-8-4-3-5-9-13)19(20(22,23)24)12-17(26-18(19)25)14-10-6-7-11-16(14)21/h2-12,15H,1H2. The molecular formula is C20H14F4O2. The number of allylic oxidation sites excluding steroid dienone is 1. The maximum atomic E-state index is 14.1. The molecule has 0 spiro atoms. The molecule has 134 valence electrons. The van der Waals surface area contributed by atoms with Crippen LogP contribution in [0.1, 0.15) is 17.0 Å². The Morgan fingerprint density at radius 3 is 2.23 bits per heavy atom. The number of halogens is 4. The lowest BCUT2D eigenvalue weighted by Crippen LogP contribution is -2.46. The lowest BCUT2D eigenvalue weighted by molar-refractivity contribution is -0.215. The highest BCUT2D eigenvalue weighted by molar-refractivity contribution is 5.93. The monoisotopic (exact) mass is 362 g/mol. The third-order valence-corrected chi connectivity index (χ3v) is 4.39.